The van der Waals surface area contributed by atoms with Crippen LogP contribution in [0.1, 0.15) is 45.0 Å². The number of nitrogens with zero attached hydrogens (tertiary/aromatic N) is 5. The number of carbonyl (C=O) groups is 3. The molecule has 0 aliphatic carbocycles. The summed E-state index contributed by atoms with van der Waals surface area (Å²) in [5.74, 6) is -1.47. The van der Waals surface area contributed by atoms with Crippen LogP contribution in [0.5, 0.6) is 0 Å². The second-order valence-electron chi connectivity index (χ2n) is 12.0. The van der Waals surface area contributed by atoms with E-state index < -0.39 is 17.5 Å². The zero-order chi connectivity index (χ0) is 33.8. The molecule has 15 heteroatoms. The van der Waals surface area contributed by atoms with Gasteiger partial charge in [-0.2, -0.15) is 0 Å². The molecule has 2 unspecified atom stereocenters. The Kier molecular flexibility index (Phi) is 9.91. The Balaban J connectivity index is 1.32. The van der Waals surface area contributed by atoms with Crippen molar-refractivity contribution in [2.45, 2.75) is 58.0 Å². The number of amides is 2. The van der Waals surface area contributed by atoms with E-state index in [0.717, 1.165) is 46.7 Å². The van der Waals surface area contributed by atoms with Crippen molar-refractivity contribution < 1.29 is 33.7 Å². The zero-order valence-corrected chi connectivity index (χ0v) is 27.7. The molecule has 6 rings (SSSR count). The summed E-state index contributed by atoms with van der Waals surface area (Å²) in [5.41, 5.74) is 3.69. The number of carboxylic acid groups (broad SMARTS) is 1. The average Bonchev–Trinajstić information content (AvgIpc) is 3.43. The van der Waals surface area contributed by atoms with Gasteiger partial charge in [-0.3, -0.25) is 24.8 Å². The molecule has 252 valence electrons. The summed E-state index contributed by atoms with van der Waals surface area (Å²) in [5, 5.41) is 14.9. The fraction of sp³-hybridized carbons (Fsp3) is 0.424. The summed E-state index contributed by atoms with van der Waals surface area (Å²) >= 11 is 1.37. The van der Waals surface area contributed by atoms with Gasteiger partial charge in [0.1, 0.15) is 0 Å². The zero-order valence-electron chi connectivity index (χ0n) is 26.9. The third kappa shape index (κ3) is 7.59. The highest BCUT2D eigenvalue weighted by Crippen LogP contribution is 2.39. The average molecular weight is 676 g/mol. The number of ether oxygens (including phenoxy) is 3. The van der Waals surface area contributed by atoms with Crippen molar-refractivity contribution in [3.63, 3.8) is 0 Å². The van der Waals surface area contributed by atoms with Gasteiger partial charge in [-0.25, -0.2) is 19.7 Å². The van der Waals surface area contributed by atoms with E-state index >= 15 is 0 Å². The highest BCUT2D eigenvalue weighted by molar-refractivity contribution is 7.22. The van der Waals surface area contributed by atoms with E-state index in [0.29, 0.717) is 22.8 Å². The lowest BCUT2D eigenvalue weighted by Crippen LogP contribution is -2.51. The molecular weight excluding hydrogens is 638 g/mol. The number of nitrogens with one attached hydrogen (secondary N) is 2. The summed E-state index contributed by atoms with van der Waals surface area (Å²) < 4.78 is 17.7. The van der Waals surface area contributed by atoms with Gasteiger partial charge in [0.2, 0.25) is 5.60 Å². The van der Waals surface area contributed by atoms with Gasteiger partial charge in [0.15, 0.2) is 11.0 Å². The van der Waals surface area contributed by atoms with Crippen molar-refractivity contribution in [3.05, 3.63) is 54.2 Å². The number of anilines is 1. The maximum Gasteiger partial charge on any atom is 0.321 e. The summed E-state index contributed by atoms with van der Waals surface area (Å²) in [7, 11) is 0. The molecular formula is C33H37N7O7S. The van der Waals surface area contributed by atoms with Gasteiger partial charge in [0, 0.05) is 55.9 Å². The number of fused-ring (bicyclic) bond motifs is 1. The smallest absolute Gasteiger partial charge is 0.321 e. The third-order valence-electron chi connectivity index (χ3n) is 7.96. The number of pyridine rings is 1. The van der Waals surface area contributed by atoms with Gasteiger partial charge in [-0.15, -0.1) is 0 Å². The number of hydrogen-bond acceptors (Lipinski definition) is 12. The Hall–Kier alpha value is -4.57. The Bertz CT molecular complexity index is 1800. The van der Waals surface area contributed by atoms with E-state index in [9.17, 15) is 14.4 Å². The summed E-state index contributed by atoms with van der Waals surface area (Å²) in [6, 6.07) is 7.68. The van der Waals surface area contributed by atoms with Crippen LogP contribution in [-0.4, -0.2) is 93.0 Å². The lowest BCUT2D eigenvalue weighted by molar-refractivity contribution is -0.221. The number of benzene rings is 1. The highest BCUT2D eigenvalue weighted by Gasteiger charge is 2.47. The standard InChI is InChI=1S/C33H37N7O7S/c1-4-34-31(44)39-32-38-26-11-22(23-12-36-30(37-13-23)33(17-45-18-33)47-28(43)6-5-27(41)42)10-24(29(26)48-32)25-9-21(7-8-35-25)16-40-14-19(2)46-20(3)15-40/h7-13,19-20H,4-6,14-18H2,1-3H3,(H,41,42)(H2,34,38,39,44). The molecule has 14 nitrogen and oxygen atoms in total. The van der Waals surface area contributed by atoms with E-state index in [1.807, 2.05) is 25.1 Å². The van der Waals surface area contributed by atoms with Crippen LogP contribution in [0.2, 0.25) is 0 Å². The van der Waals surface area contributed by atoms with Crippen LogP contribution in [0, 0.1) is 0 Å². The predicted octanol–water partition coefficient (Wildman–Crippen LogP) is 4.20. The van der Waals surface area contributed by atoms with Crippen LogP contribution in [0.4, 0.5) is 9.93 Å². The Labute approximate surface area is 280 Å². The number of urea groups is 1. The monoisotopic (exact) mass is 675 g/mol. The van der Waals surface area contributed by atoms with Gasteiger partial charge in [-0.05, 0) is 56.2 Å². The lowest BCUT2D eigenvalue weighted by Gasteiger charge is -2.38. The molecule has 2 aliphatic rings. The van der Waals surface area contributed by atoms with Crippen molar-refractivity contribution in [2.75, 3.05) is 38.2 Å². The van der Waals surface area contributed by atoms with E-state index in [-0.39, 0.29) is 50.1 Å². The van der Waals surface area contributed by atoms with Crippen molar-refractivity contribution in [2.24, 2.45) is 0 Å². The van der Waals surface area contributed by atoms with Crippen LogP contribution in [-0.2, 0) is 35.9 Å². The van der Waals surface area contributed by atoms with E-state index in [1.165, 1.54) is 11.3 Å². The van der Waals surface area contributed by atoms with Crippen molar-refractivity contribution in [1.82, 2.24) is 30.2 Å². The molecule has 3 aromatic heterocycles. The predicted molar refractivity (Wildman–Crippen MR) is 177 cm³/mol. The van der Waals surface area contributed by atoms with Gasteiger partial charge in [0.25, 0.3) is 0 Å². The molecule has 2 amide bonds. The first-order valence-corrected chi connectivity index (χ1v) is 16.6. The van der Waals surface area contributed by atoms with Gasteiger partial charge >= 0.3 is 18.0 Å². The van der Waals surface area contributed by atoms with Crippen LogP contribution in [0.3, 0.4) is 0 Å². The van der Waals surface area contributed by atoms with Gasteiger partial charge in [-0.1, -0.05) is 11.3 Å². The lowest BCUT2D eigenvalue weighted by atomic mass is 9.99. The number of thiazole rings is 1. The normalized spacial score (nSPS) is 19.0. The van der Waals surface area contributed by atoms with Crippen LogP contribution >= 0.6 is 11.3 Å². The number of carbonyl (C=O) groups excluding carboxylic acids is 2. The minimum atomic E-state index is -1.17. The fourth-order valence-electron chi connectivity index (χ4n) is 5.85. The maximum absolute atomic E-state index is 12.3. The molecule has 4 aromatic rings. The first-order chi connectivity index (χ1) is 23.1. The largest absolute Gasteiger partial charge is 0.481 e. The van der Waals surface area contributed by atoms with Crippen LogP contribution in [0.15, 0.2) is 42.9 Å². The van der Waals surface area contributed by atoms with Crippen LogP contribution < -0.4 is 10.6 Å². The summed E-state index contributed by atoms with van der Waals surface area (Å²) in [4.78, 5) is 56.5. The Morgan fingerprint density at radius 3 is 2.48 bits per heavy atom. The Morgan fingerprint density at radius 1 is 1.06 bits per heavy atom. The molecule has 2 fully saturated rings. The molecule has 0 radical (unpaired) electrons. The quantitative estimate of drug-likeness (QED) is 0.193. The number of morpholine rings is 1. The maximum atomic E-state index is 12.3. The number of carboxylic acids is 1. The molecule has 5 heterocycles. The fourth-order valence-corrected chi connectivity index (χ4v) is 6.81. The molecule has 0 bridgehead atoms. The number of rotatable bonds is 11. The van der Waals surface area contributed by atoms with Crippen molar-refractivity contribution in [1.29, 1.82) is 0 Å². The van der Waals surface area contributed by atoms with E-state index in [2.05, 4.69) is 45.4 Å². The first-order valence-electron chi connectivity index (χ1n) is 15.8. The topological polar surface area (TPSA) is 178 Å². The van der Waals surface area contributed by atoms with Gasteiger partial charge in [0.05, 0.1) is 54.2 Å². The second kappa shape index (κ2) is 14.3. The second-order valence-corrected chi connectivity index (χ2v) is 13.0. The minimum absolute atomic E-state index is 0.0752. The molecule has 1 aromatic carbocycles. The van der Waals surface area contributed by atoms with Gasteiger partial charge < -0.3 is 24.6 Å². The molecule has 2 aliphatic heterocycles. The number of esters is 1. The summed E-state index contributed by atoms with van der Waals surface area (Å²) in [6.45, 7) is 9.09. The highest BCUT2D eigenvalue weighted by atomic mass is 32.1. The molecule has 0 spiro atoms. The third-order valence-corrected chi connectivity index (χ3v) is 8.98. The minimum Gasteiger partial charge on any atom is -0.481 e. The van der Waals surface area contributed by atoms with Crippen molar-refractivity contribution in [3.8, 4) is 22.4 Å². The molecule has 3 N–H and O–H groups in total. The molecule has 2 saturated heterocycles. The van der Waals surface area contributed by atoms with E-state index in [1.54, 1.807) is 18.6 Å². The summed E-state index contributed by atoms with van der Waals surface area (Å²) in [6.07, 6.45) is 4.81. The molecule has 48 heavy (non-hydrogen) atoms. The number of aliphatic carboxylic acids is 1. The number of aromatic nitrogens is 4. The first kappa shape index (κ1) is 33.3. The van der Waals surface area contributed by atoms with Crippen molar-refractivity contribution >= 4 is 44.7 Å². The molecule has 0 saturated carbocycles. The Morgan fingerprint density at radius 2 is 1.81 bits per heavy atom. The van der Waals surface area contributed by atoms with Crippen LogP contribution in [0.25, 0.3) is 32.6 Å². The van der Waals surface area contributed by atoms with E-state index in [4.69, 9.17) is 29.3 Å². The SMILES string of the molecule is CCNC(=O)Nc1nc2cc(-c3cnc(C4(OC(=O)CCC(=O)O)COC4)nc3)cc(-c3cc(CN4CC(C)OC(C)C4)ccn3)c2s1. The number of hydrogen-bond donors (Lipinski definition) is 3. The molecule has 2 atom stereocenters.